The van der Waals surface area contributed by atoms with Crippen LogP contribution in [0.1, 0.15) is 17.3 Å². The van der Waals surface area contributed by atoms with Gasteiger partial charge in [-0.1, -0.05) is 12.1 Å². The van der Waals surface area contributed by atoms with E-state index in [1.165, 1.54) is 36.7 Å². The lowest BCUT2D eigenvalue weighted by Crippen LogP contribution is -2.00. The van der Waals surface area contributed by atoms with Gasteiger partial charge in [0.05, 0.1) is 10.5 Å². The van der Waals surface area contributed by atoms with Gasteiger partial charge in [-0.3, -0.25) is 15.1 Å². The van der Waals surface area contributed by atoms with Crippen LogP contribution in [0.2, 0.25) is 0 Å². The molecular formula is C14H14N2O5. The van der Waals surface area contributed by atoms with Crippen molar-refractivity contribution in [1.82, 2.24) is 4.98 Å². The number of carboxylic acid groups (broad SMARTS) is 1. The van der Waals surface area contributed by atoms with E-state index in [0.29, 0.717) is 11.1 Å². The van der Waals surface area contributed by atoms with Crippen LogP contribution in [-0.4, -0.2) is 32.7 Å². The van der Waals surface area contributed by atoms with Gasteiger partial charge in [-0.05, 0) is 24.1 Å². The minimum absolute atomic E-state index is 0.0120. The van der Waals surface area contributed by atoms with Crippen LogP contribution in [0.25, 0.3) is 11.1 Å². The van der Waals surface area contributed by atoms with Gasteiger partial charge in [0.25, 0.3) is 5.69 Å². The van der Waals surface area contributed by atoms with Crippen LogP contribution in [0.4, 0.5) is 5.69 Å². The molecule has 0 saturated carbocycles. The van der Waals surface area contributed by atoms with Gasteiger partial charge in [0.1, 0.15) is 0 Å². The third-order valence-corrected chi connectivity index (χ3v) is 2.42. The Kier molecular flexibility index (Phi) is 5.97. The van der Waals surface area contributed by atoms with Crippen LogP contribution in [0.15, 0.2) is 42.7 Å². The summed E-state index contributed by atoms with van der Waals surface area (Å²) in [6.07, 6.45) is 2.66. The Morgan fingerprint density at radius 3 is 2.62 bits per heavy atom. The van der Waals surface area contributed by atoms with Gasteiger partial charge >= 0.3 is 5.97 Å². The first-order valence-electron chi connectivity index (χ1n) is 6.04. The van der Waals surface area contributed by atoms with Gasteiger partial charge in [-0.25, -0.2) is 4.79 Å². The Morgan fingerprint density at radius 2 is 2.05 bits per heavy atom. The Hall–Kier alpha value is -2.80. The van der Waals surface area contributed by atoms with Gasteiger partial charge in [0.15, 0.2) is 0 Å². The van der Waals surface area contributed by atoms with E-state index < -0.39 is 10.9 Å². The van der Waals surface area contributed by atoms with E-state index in [1.807, 2.05) is 0 Å². The molecule has 0 aliphatic heterocycles. The van der Waals surface area contributed by atoms with E-state index in [-0.39, 0.29) is 17.9 Å². The Labute approximate surface area is 120 Å². The van der Waals surface area contributed by atoms with Crippen LogP contribution in [0.3, 0.4) is 0 Å². The van der Waals surface area contributed by atoms with Gasteiger partial charge < -0.3 is 10.2 Å². The zero-order valence-electron chi connectivity index (χ0n) is 11.3. The quantitative estimate of drug-likeness (QED) is 0.662. The van der Waals surface area contributed by atoms with E-state index in [1.54, 1.807) is 13.0 Å². The summed E-state index contributed by atoms with van der Waals surface area (Å²) in [5, 5.41) is 27.3. The van der Waals surface area contributed by atoms with Gasteiger partial charge in [-0.2, -0.15) is 0 Å². The first-order chi connectivity index (χ1) is 10.0. The Morgan fingerprint density at radius 1 is 1.38 bits per heavy atom. The topological polar surface area (TPSA) is 114 Å². The van der Waals surface area contributed by atoms with E-state index in [4.69, 9.17) is 10.2 Å². The third kappa shape index (κ3) is 4.36. The maximum atomic E-state index is 11.0. The van der Waals surface area contributed by atoms with Crippen molar-refractivity contribution in [3.05, 3.63) is 58.4 Å². The zero-order valence-corrected chi connectivity index (χ0v) is 11.3. The Bertz CT molecular complexity index is 643. The number of pyridine rings is 1. The molecule has 0 bridgehead atoms. The molecule has 0 aliphatic carbocycles. The molecule has 1 aromatic heterocycles. The number of rotatable bonds is 3. The number of nitrogens with zero attached hydrogens (tertiary/aromatic N) is 2. The zero-order chi connectivity index (χ0) is 15.8. The molecule has 0 fully saturated rings. The number of nitro groups is 1. The summed E-state index contributed by atoms with van der Waals surface area (Å²) < 4.78 is 0. The molecule has 7 nitrogen and oxygen atoms in total. The van der Waals surface area contributed by atoms with Crippen LogP contribution in [0.5, 0.6) is 0 Å². The van der Waals surface area contributed by atoms with Crippen molar-refractivity contribution in [2.45, 2.75) is 6.92 Å². The van der Waals surface area contributed by atoms with E-state index in [9.17, 15) is 14.9 Å². The second kappa shape index (κ2) is 7.71. The maximum absolute atomic E-state index is 11.0. The van der Waals surface area contributed by atoms with Crippen molar-refractivity contribution >= 4 is 11.7 Å². The predicted molar refractivity (Wildman–Crippen MR) is 76.0 cm³/mol. The first kappa shape index (κ1) is 16.3. The largest absolute Gasteiger partial charge is 0.478 e. The highest BCUT2D eigenvalue weighted by Gasteiger charge is 2.13. The third-order valence-electron chi connectivity index (χ3n) is 2.42. The van der Waals surface area contributed by atoms with Crippen molar-refractivity contribution < 1.29 is 19.9 Å². The van der Waals surface area contributed by atoms with Crippen LogP contribution < -0.4 is 0 Å². The Balaban J connectivity index is 0.000000677. The van der Waals surface area contributed by atoms with E-state index in [0.717, 1.165) is 0 Å². The number of benzene rings is 1. The average molecular weight is 290 g/mol. The second-order valence-electron chi connectivity index (χ2n) is 3.85. The molecule has 0 aliphatic rings. The maximum Gasteiger partial charge on any atom is 0.337 e. The van der Waals surface area contributed by atoms with Crippen molar-refractivity contribution in [3.8, 4) is 11.1 Å². The number of carboxylic acids is 1. The molecule has 110 valence electrons. The fourth-order valence-corrected chi connectivity index (χ4v) is 1.60. The molecule has 21 heavy (non-hydrogen) atoms. The molecule has 0 atom stereocenters. The molecule has 2 rings (SSSR count). The molecule has 0 spiro atoms. The minimum Gasteiger partial charge on any atom is -0.478 e. The number of nitro benzene ring substituents is 1. The number of hydrogen-bond donors (Lipinski definition) is 2. The lowest BCUT2D eigenvalue weighted by atomic mass is 10.0. The molecule has 7 heteroatoms. The summed E-state index contributed by atoms with van der Waals surface area (Å²) >= 11 is 0. The summed E-state index contributed by atoms with van der Waals surface area (Å²) in [5.41, 5.74) is 0.809. The second-order valence-corrected chi connectivity index (χ2v) is 3.85. The summed E-state index contributed by atoms with van der Waals surface area (Å²) in [6, 6.07) is 7.34. The van der Waals surface area contributed by atoms with E-state index in [2.05, 4.69) is 4.98 Å². The fraction of sp³-hybridized carbons (Fsp3) is 0.143. The van der Waals surface area contributed by atoms with Crippen molar-refractivity contribution in [2.75, 3.05) is 6.61 Å². The summed E-state index contributed by atoms with van der Waals surface area (Å²) in [6.45, 7) is 1.93. The smallest absolute Gasteiger partial charge is 0.337 e. The molecule has 0 saturated heterocycles. The molecule has 0 unspecified atom stereocenters. The predicted octanol–water partition coefficient (Wildman–Crippen LogP) is 2.35. The normalized spacial score (nSPS) is 9.43. The SMILES string of the molecule is CCO.O=C(O)c1cnccc1-c1cccc([N+](=O)[O-])c1. The number of hydrogen-bond acceptors (Lipinski definition) is 5. The number of carbonyl (C=O) groups is 1. The number of aliphatic hydroxyl groups is 1. The van der Waals surface area contributed by atoms with Gasteiger partial charge in [0.2, 0.25) is 0 Å². The standard InChI is InChI=1S/C12H8N2O4.C2H6O/c15-12(16)11-7-13-5-4-10(11)8-2-1-3-9(6-8)14(17)18;1-2-3/h1-7H,(H,15,16);3H,2H2,1H3. The highest BCUT2D eigenvalue weighted by Crippen LogP contribution is 2.26. The lowest BCUT2D eigenvalue weighted by molar-refractivity contribution is -0.384. The number of aliphatic hydroxyl groups excluding tert-OH is 1. The van der Waals surface area contributed by atoms with Crippen molar-refractivity contribution in [1.29, 1.82) is 0 Å². The molecule has 2 aromatic rings. The van der Waals surface area contributed by atoms with Crippen LogP contribution >= 0.6 is 0 Å². The van der Waals surface area contributed by atoms with Gasteiger partial charge in [0, 0.05) is 31.1 Å². The van der Waals surface area contributed by atoms with Gasteiger partial charge in [-0.15, -0.1) is 0 Å². The summed E-state index contributed by atoms with van der Waals surface area (Å²) in [5.74, 6) is -1.12. The highest BCUT2D eigenvalue weighted by atomic mass is 16.6. The summed E-state index contributed by atoms with van der Waals surface area (Å²) in [7, 11) is 0. The van der Waals surface area contributed by atoms with E-state index >= 15 is 0 Å². The molecular weight excluding hydrogens is 276 g/mol. The molecule has 0 amide bonds. The first-order valence-corrected chi connectivity index (χ1v) is 6.04. The van der Waals surface area contributed by atoms with Crippen molar-refractivity contribution in [2.24, 2.45) is 0 Å². The summed E-state index contributed by atoms with van der Waals surface area (Å²) in [4.78, 5) is 24.9. The fourth-order valence-electron chi connectivity index (χ4n) is 1.60. The lowest BCUT2D eigenvalue weighted by Gasteiger charge is -2.05. The monoisotopic (exact) mass is 290 g/mol. The average Bonchev–Trinajstić information content (AvgIpc) is 2.48. The minimum atomic E-state index is -1.12. The number of non-ortho nitro benzene ring substituents is 1. The highest BCUT2D eigenvalue weighted by molar-refractivity contribution is 5.95. The van der Waals surface area contributed by atoms with Crippen LogP contribution in [0, 0.1) is 10.1 Å². The number of aromatic nitrogens is 1. The molecule has 0 radical (unpaired) electrons. The molecule has 2 N–H and O–H groups in total. The molecule has 1 aromatic carbocycles. The van der Waals surface area contributed by atoms with Crippen molar-refractivity contribution in [3.63, 3.8) is 0 Å². The van der Waals surface area contributed by atoms with Crippen LogP contribution in [-0.2, 0) is 0 Å². The molecule has 1 heterocycles. The number of aromatic carboxylic acids is 1.